The second-order valence-corrected chi connectivity index (χ2v) is 3.48. The van der Waals surface area contributed by atoms with Gasteiger partial charge in [0.1, 0.15) is 5.60 Å². The number of hydrogen-bond acceptors (Lipinski definition) is 2. The Bertz CT molecular complexity index is 176. The molecule has 10 heavy (non-hydrogen) atoms. The highest BCUT2D eigenvalue weighted by atomic mass is 16.3. The van der Waals surface area contributed by atoms with Gasteiger partial charge in [-0.2, -0.15) is 0 Å². The SMILES string of the molecule is O=C1CC[C@H]2CCC[C@@]12O. The van der Waals surface area contributed by atoms with Crippen molar-refractivity contribution in [1.82, 2.24) is 0 Å². The number of carbonyl (C=O) groups is 1. The van der Waals surface area contributed by atoms with E-state index in [9.17, 15) is 9.90 Å². The monoisotopic (exact) mass is 140 g/mol. The third-order valence-electron chi connectivity index (χ3n) is 2.99. The number of ketones is 1. The molecule has 0 heterocycles. The van der Waals surface area contributed by atoms with Crippen molar-refractivity contribution in [3.8, 4) is 0 Å². The minimum atomic E-state index is -0.875. The van der Waals surface area contributed by atoms with E-state index in [-0.39, 0.29) is 5.78 Å². The highest BCUT2D eigenvalue weighted by molar-refractivity contribution is 5.89. The molecule has 0 saturated heterocycles. The molecule has 0 aromatic heterocycles. The summed E-state index contributed by atoms with van der Waals surface area (Å²) < 4.78 is 0. The summed E-state index contributed by atoms with van der Waals surface area (Å²) in [5.74, 6) is 0.398. The van der Waals surface area contributed by atoms with E-state index in [0.717, 1.165) is 25.7 Å². The van der Waals surface area contributed by atoms with Gasteiger partial charge in [-0.1, -0.05) is 0 Å². The fraction of sp³-hybridized carbons (Fsp3) is 0.875. The van der Waals surface area contributed by atoms with Gasteiger partial charge in [0.15, 0.2) is 5.78 Å². The molecule has 1 N–H and O–H groups in total. The summed E-state index contributed by atoms with van der Waals surface area (Å²) in [6.07, 6.45) is 4.35. The van der Waals surface area contributed by atoms with Crippen LogP contribution in [0.5, 0.6) is 0 Å². The molecule has 0 unspecified atom stereocenters. The summed E-state index contributed by atoms with van der Waals surface area (Å²) in [5.41, 5.74) is -0.875. The summed E-state index contributed by atoms with van der Waals surface area (Å²) in [6, 6.07) is 0. The molecule has 0 aromatic rings. The third-order valence-corrected chi connectivity index (χ3v) is 2.99. The van der Waals surface area contributed by atoms with Crippen LogP contribution in [-0.4, -0.2) is 16.5 Å². The lowest BCUT2D eigenvalue weighted by atomic mass is 9.94. The Morgan fingerprint density at radius 1 is 1.50 bits per heavy atom. The Labute approximate surface area is 60.2 Å². The van der Waals surface area contributed by atoms with E-state index in [0.29, 0.717) is 12.3 Å². The molecule has 0 radical (unpaired) electrons. The van der Waals surface area contributed by atoms with Gasteiger partial charge in [-0.25, -0.2) is 0 Å². The van der Waals surface area contributed by atoms with Crippen LogP contribution in [0.1, 0.15) is 32.1 Å². The molecule has 2 nitrogen and oxygen atoms in total. The first-order valence-corrected chi connectivity index (χ1v) is 3.99. The topological polar surface area (TPSA) is 37.3 Å². The quantitative estimate of drug-likeness (QED) is 0.542. The van der Waals surface area contributed by atoms with Crippen LogP contribution in [0, 0.1) is 5.92 Å². The number of Topliss-reactive ketones (excluding diaryl/α,β-unsaturated/α-hetero) is 1. The predicted molar refractivity (Wildman–Crippen MR) is 36.5 cm³/mol. The van der Waals surface area contributed by atoms with Gasteiger partial charge < -0.3 is 5.11 Å². The first-order chi connectivity index (χ1) is 4.73. The molecule has 2 heteroatoms. The molecule has 2 atom stereocenters. The summed E-state index contributed by atoms with van der Waals surface area (Å²) in [6.45, 7) is 0. The highest BCUT2D eigenvalue weighted by Crippen LogP contribution is 2.44. The van der Waals surface area contributed by atoms with E-state index in [2.05, 4.69) is 0 Å². The average molecular weight is 140 g/mol. The van der Waals surface area contributed by atoms with Crippen molar-refractivity contribution in [3.63, 3.8) is 0 Å². The molecule has 0 spiro atoms. The number of rotatable bonds is 0. The lowest BCUT2D eigenvalue weighted by Crippen LogP contribution is -2.35. The standard InChI is InChI=1S/C8H12O2/c9-7-4-3-6-2-1-5-8(6,7)10/h6,10H,1-5H2/t6-,8+/m1/s1. The molecule has 0 bridgehead atoms. The van der Waals surface area contributed by atoms with E-state index in [4.69, 9.17) is 0 Å². The summed E-state index contributed by atoms with van der Waals surface area (Å²) in [7, 11) is 0. The van der Waals surface area contributed by atoms with Gasteiger partial charge in [-0.3, -0.25) is 4.79 Å². The lowest BCUT2D eigenvalue weighted by molar-refractivity contribution is -0.134. The second-order valence-electron chi connectivity index (χ2n) is 3.48. The molecule has 0 amide bonds. The van der Waals surface area contributed by atoms with Crippen LogP contribution >= 0.6 is 0 Å². The Balaban J connectivity index is 2.30. The second kappa shape index (κ2) is 1.82. The maximum atomic E-state index is 11.1. The molecule has 2 saturated carbocycles. The summed E-state index contributed by atoms with van der Waals surface area (Å²) in [4.78, 5) is 11.1. The minimum absolute atomic E-state index is 0.0926. The zero-order valence-corrected chi connectivity index (χ0v) is 5.97. The largest absolute Gasteiger partial charge is 0.382 e. The Kier molecular flexibility index (Phi) is 1.15. The van der Waals surface area contributed by atoms with Crippen molar-refractivity contribution in [2.45, 2.75) is 37.7 Å². The molecular weight excluding hydrogens is 128 g/mol. The number of hydrogen-bond donors (Lipinski definition) is 1. The van der Waals surface area contributed by atoms with Crippen molar-refractivity contribution in [2.75, 3.05) is 0 Å². The van der Waals surface area contributed by atoms with E-state index in [1.807, 2.05) is 0 Å². The fourth-order valence-corrected chi connectivity index (χ4v) is 2.33. The molecule has 2 rings (SSSR count). The Hall–Kier alpha value is -0.370. The van der Waals surface area contributed by atoms with Crippen molar-refractivity contribution in [3.05, 3.63) is 0 Å². The minimum Gasteiger partial charge on any atom is -0.382 e. The van der Waals surface area contributed by atoms with Crippen molar-refractivity contribution in [2.24, 2.45) is 5.92 Å². The van der Waals surface area contributed by atoms with Crippen LogP contribution in [0.4, 0.5) is 0 Å². The number of fused-ring (bicyclic) bond motifs is 1. The van der Waals surface area contributed by atoms with E-state index in [1.54, 1.807) is 0 Å². The smallest absolute Gasteiger partial charge is 0.164 e. The van der Waals surface area contributed by atoms with Gasteiger partial charge in [-0.05, 0) is 31.6 Å². The zero-order chi connectivity index (χ0) is 7.19. The first kappa shape index (κ1) is 6.35. The van der Waals surface area contributed by atoms with Crippen LogP contribution in [0.15, 0.2) is 0 Å². The normalized spacial score (nSPS) is 46.1. The molecule has 56 valence electrons. The number of aliphatic hydroxyl groups is 1. The lowest BCUT2D eigenvalue weighted by Gasteiger charge is -2.19. The van der Waals surface area contributed by atoms with E-state index < -0.39 is 5.60 Å². The van der Waals surface area contributed by atoms with Crippen LogP contribution in [0.2, 0.25) is 0 Å². The van der Waals surface area contributed by atoms with Crippen LogP contribution < -0.4 is 0 Å². The summed E-state index contributed by atoms with van der Waals surface area (Å²) in [5, 5.41) is 9.75. The van der Waals surface area contributed by atoms with Gasteiger partial charge in [0.25, 0.3) is 0 Å². The van der Waals surface area contributed by atoms with Crippen LogP contribution in [0.3, 0.4) is 0 Å². The van der Waals surface area contributed by atoms with Crippen molar-refractivity contribution in [1.29, 1.82) is 0 Å². The maximum absolute atomic E-state index is 11.1. The van der Waals surface area contributed by atoms with Gasteiger partial charge in [0.05, 0.1) is 0 Å². The van der Waals surface area contributed by atoms with Gasteiger partial charge in [-0.15, -0.1) is 0 Å². The molecular formula is C8H12O2. The van der Waals surface area contributed by atoms with Gasteiger partial charge in [0.2, 0.25) is 0 Å². The first-order valence-electron chi connectivity index (χ1n) is 3.99. The zero-order valence-electron chi connectivity index (χ0n) is 5.97. The van der Waals surface area contributed by atoms with Crippen LogP contribution in [-0.2, 0) is 4.79 Å². The number of carbonyl (C=O) groups excluding carboxylic acids is 1. The molecule has 2 aliphatic carbocycles. The van der Waals surface area contributed by atoms with Crippen molar-refractivity contribution < 1.29 is 9.90 Å². The highest BCUT2D eigenvalue weighted by Gasteiger charge is 2.50. The average Bonchev–Trinajstić information content (AvgIpc) is 2.36. The third kappa shape index (κ3) is 0.601. The predicted octanol–water partition coefficient (Wildman–Crippen LogP) is 0.880. The van der Waals surface area contributed by atoms with Gasteiger partial charge >= 0.3 is 0 Å². The van der Waals surface area contributed by atoms with Crippen LogP contribution in [0.25, 0.3) is 0 Å². The van der Waals surface area contributed by atoms with Gasteiger partial charge in [0, 0.05) is 6.42 Å². The Morgan fingerprint density at radius 3 is 3.00 bits per heavy atom. The maximum Gasteiger partial charge on any atom is 0.164 e. The fourth-order valence-electron chi connectivity index (χ4n) is 2.33. The Morgan fingerprint density at radius 2 is 2.30 bits per heavy atom. The van der Waals surface area contributed by atoms with Crippen molar-refractivity contribution >= 4 is 5.78 Å². The molecule has 2 fully saturated rings. The van der Waals surface area contributed by atoms with E-state index >= 15 is 0 Å². The molecule has 0 aliphatic heterocycles. The summed E-state index contributed by atoms with van der Waals surface area (Å²) >= 11 is 0. The molecule has 0 aromatic carbocycles. The van der Waals surface area contributed by atoms with E-state index in [1.165, 1.54) is 0 Å². The molecule has 2 aliphatic rings.